The SMILES string of the molecule is CCCCCCCCCCCC[n+]1ccn(Cc2ccccc2)c1CCC. The van der Waals surface area contributed by atoms with Crippen LogP contribution in [-0.4, -0.2) is 4.57 Å². The van der Waals surface area contributed by atoms with E-state index in [4.69, 9.17) is 0 Å². The van der Waals surface area contributed by atoms with Crippen molar-refractivity contribution in [2.24, 2.45) is 0 Å². The van der Waals surface area contributed by atoms with Crippen molar-refractivity contribution in [3.8, 4) is 0 Å². The Balaban J connectivity index is 1.70. The quantitative estimate of drug-likeness (QED) is 0.244. The van der Waals surface area contributed by atoms with E-state index >= 15 is 0 Å². The fourth-order valence-corrected chi connectivity index (χ4v) is 3.91. The highest BCUT2D eigenvalue weighted by Gasteiger charge is 2.16. The van der Waals surface area contributed by atoms with E-state index in [9.17, 15) is 0 Å². The first kappa shape index (κ1) is 21.7. The Hall–Kier alpha value is -1.57. The number of rotatable bonds is 15. The average Bonchev–Trinajstić information content (AvgIpc) is 3.06. The molecular formula is C25H41N2+. The molecule has 0 unspecified atom stereocenters. The predicted molar refractivity (Wildman–Crippen MR) is 116 cm³/mol. The summed E-state index contributed by atoms with van der Waals surface area (Å²) in [7, 11) is 0. The van der Waals surface area contributed by atoms with Crippen molar-refractivity contribution >= 4 is 0 Å². The Morgan fingerprint density at radius 3 is 2.00 bits per heavy atom. The van der Waals surface area contributed by atoms with E-state index in [2.05, 4.69) is 65.7 Å². The summed E-state index contributed by atoms with van der Waals surface area (Å²) in [6.07, 6.45) is 21.0. The van der Waals surface area contributed by atoms with Crippen LogP contribution in [0, 0.1) is 0 Å². The van der Waals surface area contributed by atoms with Gasteiger partial charge >= 0.3 is 0 Å². The minimum Gasteiger partial charge on any atom is -0.234 e. The maximum atomic E-state index is 2.50. The number of imidazole rings is 1. The van der Waals surface area contributed by atoms with Gasteiger partial charge in [-0.1, -0.05) is 95.5 Å². The van der Waals surface area contributed by atoms with Crippen LogP contribution in [0.25, 0.3) is 0 Å². The van der Waals surface area contributed by atoms with E-state index in [0.717, 1.165) is 13.0 Å². The Bertz CT molecular complexity index is 600. The largest absolute Gasteiger partial charge is 0.256 e. The van der Waals surface area contributed by atoms with Crippen LogP contribution < -0.4 is 4.57 Å². The molecule has 0 bridgehead atoms. The van der Waals surface area contributed by atoms with Gasteiger partial charge < -0.3 is 0 Å². The molecule has 0 saturated heterocycles. The molecule has 0 aliphatic rings. The van der Waals surface area contributed by atoms with Gasteiger partial charge in [-0.3, -0.25) is 0 Å². The van der Waals surface area contributed by atoms with Crippen molar-refractivity contribution in [1.29, 1.82) is 0 Å². The summed E-state index contributed by atoms with van der Waals surface area (Å²) in [5.41, 5.74) is 1.39. The minimum atomic E-state index is 0.987. The summed E-state index contributed by atoms with van der Waals surface area (Å²) in [5, 5.41) is 0. The standard InChI is InChI=1S/C25H41N2/c1-3-5-6-7-8-9-10-11-12-16-20-26-21-22-27(25(26)17-4-2)23-24-18-14-13-15-19-24/h13-15,18-19,21-22H,3-12,16-17,20,23H2,1-2H3/q+1. The molecule has 0 saturated carbocycles. The Kier molecular flexibility index (Phi) is 10.9. The molecule has 1 heterocycles. The predicted octanol–water partition coefficient (Wildman–Crippen LogP) is 6.70. The molecule has 27 heavy (non-hydrogen) atoms. The molecule has 0 fully saturated rings. The molecule has 2 rings (SSSR count). The van der Waals surface area contributed by atoms with Gasteiger partial charge in [0, 0.05) is 6.42 Å². The van der Waals surface area contributed by atoms with Gasteiger partial charge in [-0.05, 0) is 24.8 Å². The van der Waals surface area contributed by atoms with Crippen LogP contribution in [0.2, 0.25) is 0 Å². The van der Waals surface area contributed by atoms with Crippen LogP contribution in [0.15, 0.2) is 42.7 Å². The number of unbranched alkanes of at least 4 members (excludes halogenated alkanes) is 9. The number of benzene rings is 1. The number of hydrogen-bond acceptors (Lipinski definition) is 0. The van der Waals surface area contributed by atoms with Crippen molar-refractivity contribution in [1.82, 2.24) is 4.57 Å². The van der Waals surface area contributed by atoms with E-state index in [1.165, 1.54) is 88.6 Å². The highest BCUT2D eigenvalue weighted by Crippen LogP contribution is 2.11. The molecule has 0 amide bonds. The first-order chi connectivity index (χ1) is 13.3. The van der Waals surface area contributed by atoms with Gasteiger partial charge in [0.25, 0.3) is 5.82 Å². The van der Waals surface area contributed by atoms with Gasteiger partial charge in [-0.15, -0.1) is 0 Å². The highest BCUT2D eigenvalue weighted by molar-refractivity contribution is 5.15. The van der Waals surface area contributed by atoms with Crippen molar-refractivity contribution in [2.75, 3.05) is 0 Å². The summed E-state index contributed by atoms with van der Waals surface area (Å²) < 4.78 is 4.94. The molecule has 150 valence electrons. The lowest BCUT2D eigenvalue weighted by atomic mass is 10.1. The highest BCUT2D eigenvalue weighted by atomic mass is 15.1. The summed E-state index contributed by atoms with van der Waals surface area (Å²) in [6, 6.07) is 10.8. The van der Waals surface area contributed by atoms with Gasteiger partial charge in [-0.2, -0.15) is 0 Å². The topological polar surface area (TPSA) is 8.81 Å². The lowest BCUT2D eigenvalue weighted by Gasteiger charge is -2.05. The maximum absolute atomic E-state index is 2.50. The fraction of sp³-hybridized carbons (Fsp3) is 0.640. The van der Waals surface area contributed by atoms with E-state index in [1.54, 1.807) is 0 Å². The molecule has 1 aromatic heterocycles. The molecule has 2 nitrogen and oxygen atoms in total. The summed E-state index contributed by atoms with van der Waals surface area (Å²) in [4.78, 5) is 0. The average molecular weight is 370 g/mol. The van der Waals surface area contributed by atoms with Gasteiger partial charge in [0.05, 0.1) is 6.54 Å². The zero-order valence-electron chi connectivity index (χ0n) is 17.8. The lowest BCUT2D eigenvalue weighted by molar-refractivity contribution is -0.704. The molecule has 0 aliphatic carbocycles. The summed E-state index contributed by atoms with van der Waals surface area (Å²) >= 11 is 0. The van der Waals surface area contributed by atoms with Crippen LogP contribution in [0.1, 0.15) is 95.9 Å². The third-order valence-electron chi connectivity index (χ3n) is 5.51. The zero-order valence-corrected chi connectivity index (χ0v) is 17.8. The maximum Gasteiger partial charge on any atom is 0.256 e. The van der Waals surface area contributed by atoms with Crippen LogP contribution >= 0.6 is 0 Å². The van der Waals surface area contributed by atoms with Crippen molar-refractivity contribution in [3.05, 3.63) is 54.1 Å². The van der Waals surface area contributed by atoms with Crippen molar-refractivity contribution < 1.29 is 4.57 Å². The van der Waals surface area contributed by atoms with Gasteiger partial charge in [-0.25, -0.2) is 9.13 Å². The van der Waals surface area contributed by atoms with Crippen LogP contribution in [-0.2, 0) is 19.5 Å². The zero-order chi connectivity index (χ0) is 19.2. The van der Waals surface area contributed by atoms with E-state index < -0.39 is 0 Å². The van der Waals surface area contributed by atoms with Crippen LogP contribution in [0.4, 0.5) is 0 Å². The third kappa shape index (κ3) is 8.32. The van der Waals surface area contributed by atoms with Crippen molar-refractivity contribution in [3.63, 3.8) is 0 Å². The molecule has 2 aromatic rings. The number of hydrogen-bond donors (Lipinski definition) is 0. The molecule has 0 radical (unpaired) electrons. The molecule has 2 heteroatoms. The molecule has 0 N–H and O–H groups in total. The number of aromatic nitrogens is 2. The lowest BCUT2D eigenvalue weighted by Crippen LogP contribution is -2.37. The Morgan fingerprint density at radius 2 is 1.37 bits per heavy atom. The first-order valence-corrected chi connectivity index (χ1v) is 11.5. The van der Waals surface area contributed by atoms with Gasteiger partial charge in [0.2, 0.25) is 0 Å². The normalized spacial score (nSPS) is 11.2. The molecule has 0 aliphatic heterocycles. The van der Waals surface area contributed by atoms with E-state index in [-0.39, 0.29) is 0 Å². The molecule has 0 atom stereocenters. The number of nitrogens with zero attached hydrogens (tertiary/aromatic N) is 2. The van der Waals surface area contributed by atoms with Crippen LogP contribution in [0.5, 0.6) is 0 Å². The number of aryl methyl sites for hydroxylation is 1. The van der Waals surface area contributed by atoms with Gasteiger partial charge in [0.15, 0.2) is 0 Å². The first-order valence-electron chi connectivity index (χ1n) is 11.5. The second kappa shape index (κ2) is 13.6. The van der Waals surface area contributed by atoms with E-state index in [1.807, 2.05) is 0 Å². The van der Waals surface area contributed by atoms with Crippen LogP contribution in [0.3, 0.4) is 0 Å². The second-order valence-corrected chi connectivity index (χ2v) is 7.95. The van der Waals surface area contributed by atoms with Gasteiger partial charge in [0.1, 0.15) is 18.9 Å². The molecule has 0 spiro atoms. The third-order valence-corrected chi connectivity index (χ3v) is 5.51. The Labute approximate surface area is 167 Å². The van der Waals surface area contributed by atoms with Crippen molar-refractivity contribution in [2.45, 2.75) is 104 Å². The minimum absolute atomic E-state index is 0.987. The summed E-state index contributed by atoms with van der Waals surface area (Å²) in [6.45, 7) is 6.74. The Morgan fingerprint density at radius 1 is 0.741 bits per heavy atom. The van der Waals surface area contributed by atoms with E-state index in [0.29, 0.717) is 0 Å². The molecule has 1 aromatic carbocycles. The monoisotopic (exact) mass is 369 g/mol. The summed E-state index contributed by atoms with van der Waals surface area (Å²) in [5.74, 6) is 1.48. The molecular weight excluding hydrogens is 328 g/mol. The smallest absolute Gasteiger partial charge is 0.234 e. The second-order valence-electron chi connectivity index (χ2n) is 7.95. The fourth-order valence-electron chi connectivity index (χ4n) is 3.91.